The van der Waals surface area contributed by atoms with Gasteiger partial charge in [0.15, 0.2) is 0 Å². The van der Waals surface area contributed by atoms with Crippen LogP contribution in [0.4, 0.5) is 5.00 Å². The monoisotopic (exact) mass is 487 g/mol. The molecule has 0 aliphatic carbocycles. The average Bonchev–Trinajstić information content (AvgIpc) is 3.38. The first-order valence-corrected chi connectivity index (χ1v) is 11.2. The standard InChI is InChI=1S/C24H22ClNO6S/c1-5-31-23(28)20-14(3)21(24(29)30-4)33-22(20)26-19(27)11-9-16-8-10-18(32-16)15-7-6-13(2)17(25)12-15/h6-12H,5H2,1-4H3,(H,26,27). The van der Waals surface area contributed by atoms with Crippen LogP contribution < -0.4 is 5.32 Å². The number of aryl methyl sites for hydroxylation is 1. The van der Waals surface area contributed by atoms with Gasteiger partial charge in [0.25, 0.3) is 0 Å². The van der Waals surface area contributed by atoms with Crippen molar-refractivity contribution in [2.24, 2.45) is 0 Å². The van der Waals surface area contributed by atoms with Crippen LogP contribution in [0.2, 0.25) is 5.02 Å². The van der Waals surface area contributed by atoms with Gasteiger partial charge in [-0.2, -0.15) is 0 Å². The van der Waals surface area contributed by atoms with Gasteiger partial charge in [0, 0.05) is 16.7 Å². The number of carbonyl (C=O) groups excluding carboxylic acids is 3. The van der Waals surface area contributed by atoms with Crippen LogP contribution in [0, 0.1) is 13.8 Å². The molecule has 2 aromatic heterocycles. The maximum Gasteiger partial charge on any atom is 0.348 e. The van der Waals surface area contributed by atoms with E-state index in [-0.39, 0.29) is 22.0 Å². The first-order valence-electron chi connectivity index (χ1n) is 9.99. The largest absolute Gasteiger partial charge is 0.465 e. The summed E-state index contributed by atoms with van der Waals surface area (Å²) in [5, 5.41) is 3.48. The predicted molar refractivity (Wildman–Crippen MR) is 128 cm³/mol. The number of ether oxygens (including phenoxy) is 2. The normalized spacial score (nSPS) is 10.9. The number of methoxy groups -OCH3 is 1. The molecular formula is C24H22ClNO6S. The molecule has 0 aliphatic rings. The molecule has 0 saturated carbocycles. The number of anilines is 1. The van der Waals surface area contributed by atoms with Crippen molar-refractivity contribution in [3.05, 3.63) is 68.8 Å². The fraction of sp³-hybridized carbons (Fsp3) is 0.208. The number of carbonyl (C=O) groups is 3. The van der Waals surface area contributed by atoms with Gasteiger partial charge < -0.3 is 19.2 Å². The summed E-state index contributed by atoms with van der Waals surface area (Å²) in [6.45, 7) is 5.34. The van der Waals surface area contributed by atoms with Gasteiger partial charge >= 0.3 is 11.9 Å². The number of benzene rings is 1. The van der Waals surface area contributed by atoms with E-state index >= 15 is 0 Å². The molecule has 0 saturated heterocycles. The smallest absolute Gasteiger partial charge is 0.348 e. The maximum absolute atomic E-state index is 12.5. The molecule has 1 aromatic carbocycles. The summed E-state index contributed by atoms with van der Waals surface area (Å²) in [5.41, 5.74) is 2.29. The number of hydrogen-bond donors (Lipinski definition) is 1. The van der Waals surface area contributed by atoms with Crippen molar-refractivity contribution in [3.63, 3.8) is 0 Å². The molecule has 1 N–H and O–H groups in total. The molecule has 7 nitrogen and oxygen atoms in total. The number of thiophene rings is 1. The second-order valence-electron chi connectivity index (χ2n) is 6.96. The Labute approximate surface area is 200 Å². The van der Waals surface area contributed by atoms with Crippen LogP contribution in [0.15, 0.2) is 40.8 Å². The molecule has 0 bridgehead atoms. The highest BCUT2D eigenvalue weighted by molar-refractivity contribution is 7.18. The molecule has 1 amide bonds. The second-order valence-corrected chi connectivity index (χ2v) is 8.39. The van der Waals surface area contributed by atoms with Gasteiger partial charge in [-0.05, 0) is 56.2 Å². The quantitative estimate of drug-likeness (QED) is 0.329. The SMILES string of the molecule is CCOC(=O)c1c(NC(=O)C=Cc2ccc(-c3ccc(C)c(Cl)c3)o2)sc(C(=O)OC)c1C. The van der Waals surface area contributed by atoms with E-state index in [1.54, 1.807) is 26.0 Å². The molecule has 3 aromatic rings. The second kappa shape index (κ2) is 10.5. The van der Waals surface area contributed by atoms with E-state index in [0.717, 1.165) is 22.5 Å². The summed E-state index contributed by atoms with van der Waals surface area (Å²) in [4.78, 5) is 37.2. The average molecular weight is 488 g/mol. The van der Waals surface area contributed by atoms with Gasteiger partial charge in [0.1, 0.15) is 21.4 Å². The molecule has 2 heterocycles. The molecule has 0 unspecified atom stereocenters. The fourth-order valence-corrected chi connectivity index (χ4v) is 4.29. The molecule has 9 heteroatoms. The lowest BCUT2D eigenvalue weighted by molar-refractivity contribution is -0.111. The van der Waals surface area contributed by atoms with Crippen LogP contribution in [0.5, 0.6) is 0 Å². The summed E-state index contributed by atoms with van der Waals surface area (Å²) < 4.78 is 15.6. The Balaban J connectivity index is 1.79. The third-order valence-corrected chi connectivity index (χ3v) is 6.31. The fourth-order valence-electron chi connectivity index (χ4n) is 2.99. The molecule has 0 aliphatic heterocycles. The van der Waals surface area contributed by atoms with Gasteiger partial charge in [-0.1, -0.05) is 23.7 Å². The van der Waals surface area contributed by atoms with Crippen molar-refractivity contribution in [2.45, 2.75) is 20.8 Å². The van der Waals surface area contributed by atoms with Gasteiger partial charge in [0.2, 0.25) is 5.91 Å². The van der Waals surface area contributed by atoms with Gasteiger partial charge in [-0.3, -0.25) is 4.79 Å². The number of furan rings is 1. The van der Waals surface area contributed by atoms with Crippen LogP contribution in [0.25, 0.3) is 17.4 Å². The zero-order chi connectivity index (χ0) is 24.1. The predicted octanol–water partition coefficient (Wildman–Crippen LogP) is 5.89. The molecule has 33 heavy (non-hydrogen) atoms. The van der Waals surface area contributed by atoms with Crippen LogP contribution in [-0.4, -0.2) is 31.6 Å². The molecule has 172 valence electrons. The van der Waals surface area contributed by atoms with E-state index < -0.39 is 17.8 Å². The summed E-state index contributed by atoms with van der Waals surface area (Å²) >= 11 is 7.13. The van der Waals surface area contributed by atoms with Crippen LogP contribution in [0.1, 0.15) is 43.8 Å². The highest BCUT2D eigenvalue weighted by Gasteiger charge is 2.26. The van der Waals surface area contributed by atoms with Crippen LogP contribution in [-0.2, 0) is 14.3 Å². The Morgan fingerprint density at radius 2 is 1.91 bits per heavy atom. The van der Waals surface area contributed by atoms with Crippen LogP contribution in [0.3, 0.4) is 0 Å². The van der Waals surface area contributed by atoms with E-state index in [1.807, 2.05) is 25.1 Å². The number of esters is 2. The van der Waals surface area contributed by atoms with Gasteiger partial charge in [-0.25, -0.2) is 9.59 Å². The third-order valence-electron chi connectivity index (χ3n) is 4.72. The molecule has 0 fully saturated rings. The van der Waals surface area contributed by atoms with Crippen molar-refractivity contribution < 1.29 is 28.3 Å². The maximum atomic E-state index is 12.5. The Morgan fingerprint density at radius 3 is 2.58 bits per heavy atom. The van der Waals surface area contributed by atoms with E-state index in [2.05, 4.69) is 5.32 Å². The van der Waals surface area contributed by atoms with Crippen molar-refractivity contribution in [1.82, 2.24) is 0 Å². The van der Waals surface area contributed by atoms with Crippen LogP contribution >= 0.6 is 22.9 Å². The minimum atomic E-state index is -0.631. The lowest BCUT2D eigenvalue weighted by Gasteiger charge is -2.05. The Bertz CT molecular complexity index is 1240. The summed E-state index contributed by atoms with van der Waals surface area (Å²) in [5.74, 6) is -0.667. The van der Waals surface area contributed by atoms with Gasteiger partial charge in [-0.15, -0.1) is 11.3 Å². The van der Waals surface area contributed by atoms with E-state index in [4.69, 9.17) is 25.5 Å². The zero-order valence-electron chi connectivity index (χ0n) is 18.5. The number of hydrogen-bond acceptors (Lipinski definition) is 7. The molecule has 0 atom stereocenters. The topological polar surface area (TPSA) is 94.8 Å². The highest BCUT2D eigenvalue weighted by Crippen LogP contribution is 2.34. The Morgan fingerprint density at radius 1 is 1.15 bits per heavy atom. The first kappa shape index (κ1) is 24.3. The number of amides is 1. The lowest BCUT2D eigenvalue weighted by Crippen LogP contribution is -2.12. The summed E-state index contributed by atoms with van der Waals surface area (Å²) in [7, 11) is 1.24. The third kappa shape index (κ3) is 5.53. The van der Waals surface area contributed by atoms with E-state index in [9.17, 15) is 14.4 Å². The van der Waals surface area contributed by atoms with Crippen molar-refractivity contribution in [1.29, 1.82) is 0 Å². The van der Waals surface area contributed by atoms with Gasteiger partial charge in [0.05, 0.1) is 19.3 Å². The Kier molecular flexibility index (Phi) is 7.73. The summed E-state index contributed by atoms with van der Waals surface area (Å²) in [6.07, 6.45) is 2.77. The summed E-state index contributed by atoms with van der Waals surface area (Å²) in [6, 6.07) is 9.11. The van der Waals surface area contributed by atoms with Crippen molar-refractivity contribution >= 4 is 51.9 Å². The number of halogens is 1. The minimum absolute atomic E-state index is 0.125. The molecular weight excluding hydrogens is 466 g/mol. The van der Waals surface area contributed by atoms with Crippen molar-refractivity contribution in [2.75, 3.05) is 19.0 Å². The van der Waals surface area contributed by atoms with Crippen molar-refractivity contribution in [3.8, 4) is 11.3 Å². The number of nitrogens with one attached hydrogen (secondary N) is 1. The lowest BCUT2D eigenvalue weighted by atomic mass is 10.1. The first-order chi connectivity index (χ1) is 15.7. The van der Waals surface area contributed by atoms with E-state index in [1.165, 1.54) is 19.3 Å². The number of rotatable bonds is 7. The van der Waals surface area contributed by atoms with E-state index in [0.29, 0.717) is 22.1 Å². The molecule has 0 radical (unpaired) electrons. The minimum Gasteiger partial charge on any atom is -0.465 e. The molecule has 3 rings (SSSR count). The zero-order valence-corrected chi connectivity index (χ0v) is 20.1. The molecule has 0 spiro atoms. The Hall–Kier alpha value is -3.36. The highest BCUT2D eigenvalue weighted by atomic mass is 35.5.